The number of nitrogens with one attached hydrogen (secondary N) is 1. The maximum atomic E-state index is 12.6. The Balaban J connectivity index is 2.01. The van der Waals surface area contributed by atoms with Crippen LogP contribution in [0.2, 0.25) is 5.02 Å². The minimum absolute atomic E-state index is 0.0645. The predicted molar refractivity (Wildman–Crippen MR) is 79.2 cm³/mol. The molecule has 0 atom stereocenters. The fourth-order valence-electron chi connectivity index (χ4n) is 2.52. The summed E-state index contributed by atoms with van der Waals surface area (Å²) in [6.45, 7) is 3.92. The van der Waals surface area contributed by atoms with Crippen LogP contribution in [0.1, 0.15) is 22.6 Å². The van der Waals surface area contributed by atoms with E-state index in [9.17, 15) is 4.79 Å². The van der Waals surface area contributed by atoms with Crippen molar-refractivity contribution >= 4 is 11.6 Å². The quantitative estimate of drug-likeness (QED) is 0.918. The Morgan fingerprint density at radius 3 is 2.85 bits per heavy atom. The number of rotatable bonds is 2. The lowest BCUT2D eigenvalue weighted by Crippen LogP contribution is -2.36. The van der Waals surface area contributed by atoms with Gasteiger partial charge in [-0.25, -0.2) is 4.98 Å². The molecule has 1 aliphatic rings. The number of benzene rings is 1. The molecule has 0 saturated carbocycles. The first-order valence-corrected chi connectivity index (χ1v) is 7.07. The number of aryl methyl sites for hydroxylation is 1. The summed E-state index contributed by atoms with van der Waals surface area (Å²) in [5.41, 5.74) is 2.86. The summed E-state index contributed by atoms with van der Waals surface area (Å²) in [4.78, 5) is 17.1. The second kappa shape index (κ2) is 5.38. The summed E-state index contributed by atoms with van der Waals surface area (Å²) < 4.78 is 1.73. The van der Waals surface area contributed by atoms with Crippen LogP contribution in [-0.4, -0.2) is 16.1 Å². The smallest absolute Gasteiger partial charge is 0.258 e. The second-order valence-electron chi connectivity index (χ2n) is 5.03. The van der Waals surface area contributed by atoms with E-state index in [0.717, 1.165) is 35.6 Å². The third-order valence-electron chi connectivity index (χ3n) is 3.63. The average molecular weight is 290 g/mol. The van der Waals surface area contributed by atoms with Gasteiger partial charge in [-0.1, -0.05) is 23.7 Å². The molecule has 5 heteroatoms. The van der Waals surface area contributed by atoms with Crippen LogP contribution in [0.15, 0.2) is 29.1 Å². The van der Waals surface area contributed by atoms with Crippen LogP contribution in [0.5, 0.6) is 0 Å². The molecule has 1 N–H and O–H groups in total. The molecule has 4 nitrogen and oxygen atoms in total. The Morgan fingerprint density at radius 1 is 1.35 bits per heavy atom. The Hall–Kier alpha value is -1.65. The zero-order valence-corrected chi connectivity index (χ0v) is 12.1. The number of halogens is 1. The minimum atomic E-state index is 0.0645. The Kier molecular flexibility index (Phi) is 3.59. The van der Waals surface area contributed by atoms with Gasteiger partial charge in [-0.15, -0.1) is 0 Å². The summed E-state index contributed by atoms with van der Waals surface area (Å²) in [6, 6.07) is 7.55. The van der Waals surface area contributed by atoms with Gasteiger partial charge in [-0.3, -0.25) is 9.36 Å². The van der Waals surface area contributed by atoms with Gasteiger partial charge in [0.25, 0.3) is 5.56 Å². The molecule has 0 radical (unpaired) electrons. The number of hydrogen-bond acceptors (Lipinski definition) is 3. The Bertz CT molecular complexity index is 692. The fourth-order valence-corrected chi connectivity index (χ4v) is 2.65. The van der Waals surface area contributed by atoms with Crippen LogP contribution in [0.25, 0.3) is 0 Å². The summed E-state index contributed by atoms with van der Waals surface area (Å²) in [5, 5.41) is 3.93. The van der Waals surface area contributed by atoms with E-state index in [1.54, 1.807) is 4.57 Å². The molecule has 104 valence electrons. The first-order valence-electron chi connectivity index (χ1n) is 6.69. The summed E-state index contributed by atoms with van der Waals surface area (Å²) in [6.07, 6.45) is 0.827. The molecule has 3 rings (SSSR count). The summed E-state index contributed by atoms with van der Waals surface area (Å²) in [7, 11) is 0. The molecular weight excluding hydrogens is 274 g/mol. The van der Waals surface area contributed by atoms with Crippen molar-refractivity contribution in [3.05, 3.63) is 62.3 Å². The van der Waals surface area contributed by atoms with E-state index in [4.69, 9.17) is 11.6 Å². The maximum absolute atomic E-state index is 12.6. The van der Waals surface area contributed by atoms with Crippen molar-refractivity contribution in [1.82, 2.24) is 14.9 Å². The molecule has 0 unspecified atom stereocenters. The molecule has 1 aromatic carbocycles. The fraction of sp³-hybridized carbons (Fsp3) is 0.333. The van der Waals surface area contributed by atoms with Crippen molar-refractivity contribution in [2.45, 2.75) is 26.4 Å². The van der Waals surface area contributed by atoms with Crippen molar-refractivity contribution in [3.63, 3.8) is 0 Å². The SMILES string of the molecule is Cc1nc2c(c(=O)n1Cc1ccc(Cl)cc1)CNCC2. The van der Waals surface area contributed by atoms with E-state index >= 15 is 0 Å². The van der Waals surface area contributed by atoms with Crippen LogP contribution in [0.4, 0.5) is 0 Å². The lowest BCUT2D eigenvalue weighted by atomic mass is 10.1. The largest absolute Gasteiger partial charge is 0.312 e. The van der Waals surface area contributed by atoms with Crippen molar-refractivity contribution in [2.75, 3.05) is 6.54 Å². The molecule has 0 spiro atoms. The molecule has 2 heterocycles. The van der Waals surface area contributed by atoms with Crippen molar-refractivity contribution in [3.8, 4) is 0 Å². The first kappa shape index (κ1) is 13.3. The molecule has 1 aliphatic heterocycles. The highest BCUT2D eigenvalue weighted by Gasteiger charge is 2.17. The standard InChI is InChI=1S/C15H16ClN3O/c1-10-18-14-6-7-17-8-13(14)15(20)19(10)9-11-2-4-12(16)5-3-11/h2-5,17H,6-9H2,1H3. The number of fused-ring (bicyclic) bond motifs is 1. The summed E-state index contributed by atoms with van der Waals surface area (Å²) in [5.74, 6) is 0.769. The molecule has 20 heavy (non-hydrogen) atoms. The molecule has 0 aliphatic carbocycles. The van der Waals surface area contributed by atoms with Crippen LogP contribution < -0.4 is 10.9 Å². The van der Waals surface area contributed by atoms with Gasteiger partial charge in [-0.2, -0.15) is 0 Å². The Morgan fingerprint density at radius 2 is 2.10 bits per heavy atom. The van der Waals surface area contributed by atoms with Gasteiger partial charge in [0.05, 0.1) is 17.8 Å². The third kappa shape index (κ3) is 2.49. The Labute approximate surface area is 122 Å². The molecule has 1 aromatic heterocycles. The van der Waals surface area contributed by atoms with Gasteiger partial charge in [0.2, 0.25) is 0 Å². The highest BCUT2D eigenvalue weighted by Crippen LogP contribution is 2.12. The number of nitrogens with zero attached hydrogens (tertiary/aromatic N) is 2. The molecule has 0 bridgehead atoms. The normalized spacial score (nSPS) is 14.1. The van der Waals surface area contributed by atoms with Gasteiger partial charge in [0, 0.05) is 24.5 Å². The highest BCUT2D eigenvalue weighted by atomic mass is 35.5. The molecule has 2 aromatic rings. The van der Waals surface area contributed by atoms with E-state index in [-0.39, 0.29) is 5.56 Å². The first-order chi connectivity index (χ1) is 9.65. The van der Waals surface area contributed by atoms with E-state index in [1.165, 1.54) is 0 Å². The van der Waals surface area contributed by atoms with Crippen molar-refractivity contribution in [1.29, 1.82) is 0 Å². The lowest BCUT2D eigenvalue weighted by molar-refractivity contribution is 0.586. The van der Waals surface area contributed by atoms with Crippen molar-refractivity contribution in [2.24, 2.45) is 0 Å². The third-order valence-corrected chi connectivity index (χ3v) is 3.89. The molecular formula is C15H16ClN3O. The average Bonchev–Trinajstić information content (AvgIpc) is 2.45. The predicted octanol–water partition coefficient (Wildman–Crippen LogP) is 1.90. The second-order valence-corrected chi connectivity index (χ2v) is 5.47. The van der Waals surface area contributed by atoms with E-state index < -0.39 is 0 Å². The van der Waals surface area contributed by atoms with E-state index in [0.29, 0.717) is 18.1 Å². The van der Waals surface area contributed by atoms with Gasteiger partial charge >= 0.3 is 0 Å². The topological polar surface area (TPSA) is 46.9 Å². The lowest BCUT2D eigenvalue weighted by Gasteiger charge is -2.19. The van der Waals surface area contributed by atoms with Gasteiger partial charge < -0.3 is 5.32 Å². The van der Waals surface area contributed by atoms with Gasteiger partial charge in [0.15, 0.2) is 0 Å². The van der Waals surface area contributed by atoms with Crippen LogP contribution in [0, 0.1) is 6.92 Å². The molecule has 0 fully saturated rings. The minimum Gasteiger partial charge on any atom is -0.312 e. The molecule has 0 amide bonds. The van der Waals surface area contributed by atoms with Gasteiger partial charge in [0.1, 0.15) is 5.82 Å². The highest BCUT2D eigenvalue weighted by molar-refractivity contribution is 6.30. The molecule has 0 saturated heterocycles. The van der Waals surface area contributed by atoms with Gasteiger partial charge in [-0.05, 0) is 24.6 Å². The van der Waals surface area contributed by atoms with Crippen LogP contribution in [-0.2, 0) is 19.5 Å². The number of aromatic nitrogens is 2. The number of hydrogen-bond donors (Lipinski definition) is 1. The maximum Gasteiger partial charge on any atom is 0.258 e. The van der Waals surface area contributed by atoms with Crippen LogP contribution >= 0.6 is 11.6 Å². The van der Waals surface area contributed by atoms with E-state index in [1.807, 2.05) is 31.2 Å². The zero-order valence-electron chi connectivity index (χ0n) is 11.3. The monoisotopic (exact) mass is 289 g/mol. The van der Waals surface area contributed by atoms with Crippen LogP contribution in [0.3, 0.4) is 0 Å². The summed E-state index contributed by atoms with van der Waals surface area (Å²) >= 11 is 5.88. The zero-order chi connectivity index (χ0) is 14.1. The van der Waals surface area contributed by atoms with Crippen molar-refractivity contribution < 1.29 is 0 Å². The van der Waals surface area contributed by atoms with E-state index in [2.05, 4.69) is 10.3 Å².